The highest BCUT2D eigenvalue weighted by atomic mass is 35.7. The van der Waals surface area contributed by atoms with Crippen LogP contribution in [0.15, 0.2) is 17.0 Å². The summed E-state index contributed by atoms with van der Waals surface area (Å²) < 4.78 is 22.9. The molecular weight excluding hydrogens is 333 g/mol. The minimum atomic E-state index is -3.92. The fraction of sp³-hybridized carbons (Fsp3) is 0.500. The Morgan fingerprint density at radius 2 is 1.86 bits per heavy atom. The summed E-state index contributed by atoms with van der Waals surface area (Å²) in [6, 6.07) is 2.58. The minimum Gasteiger partial charge on any atom is -0.339 e. The molecule has 0 bridgehead atoms. The molecule has 21 heavy (non-hydrogen) atoms. The molecule has 116 valence electrons. The summed E-state index contributed by atoms with van der Waals surface area (Å²) in [5.41, 5.74) is 0.876. The number of halogens is 2. The largest absolute Gasteiger partial charge is 0.339 e. The van der Waals surface area contributed by atoms with Crippen LogP contribution >= 0.6 is 22.3 Å². The van der Waals surface area contributed by atoms with E-state index in [1.807, 2.05) is 0 Å². The standard InChI is InChI=1S/C14H17Cl2NO3S/c1-9-3-5-17(6-4-9)14(18)12-7-11(21(16,19)20)8-13(15)10(12)2/h7-9H,3-6H2,1-2H3. The van der Waals surface area contributed by atoms with Crippen LogP contribution in [0.5, 0.6) is 0 Å². The highest BCUT2D eigenvalue weighted by Gasteiger charge is 2.25. The van der Waals surface area contributed by atoms with Gasteiger partial charge < -0.3 is 4.90 Å². The zero-order valence-electron chi connectivity index (χ0n) is 11.9. The quantitative estimate of drug-likeness (QED) is 0.768. The molecule has 1 heterocycles. The van der Waals surface area contributed by atoms with Gasteiger partial charge in [0.2, 0.25) is 0 Å². The number of carbonyl (C=O) groups excluding carboxylic acids is 1. The second-order valence-electron chi connectivity index (χ2n) is 5.49. The van der Waals surface area contributed by atoms with Crippen molar-refractivity contribution in [2.24, 2.45) is 5.92 Å². The molecule has 7 heteroatoms. The number of piperidine rings is 1. The van der Waals surface area contributed by atoms with Crippen molar-refractivity contribution in [3.63, 3.8) is 0 Å². The molecule has 1 amide bonds. The smallest absolute Gasteiger partial charge is 0.261 e. The van der Waals surface area contributed by atoms with Gasteiger partial charge in [-0.2, -0.15) is 0 Å². The molecule has 4 nitrogen and oxygen atoms in total. The molecule has 2 rings (SSSR count). The lowest BCUT2D eigenvalue weighted by Crippen LogP contribution is -2.38. The van der Waals surface area contributed by atoms with Gasteiger partial charge in [0.1, 0.15) is 0 Å². The van der Waals surface area contributed by atoms with Crippen molar-refractivity contribution in [2.75, 3.05) is 13.1 Å². The number of carbonyl (C=O) groups is 1. The zero-order valence-corrected chi connectivity index (χ0v) is 14.2. The third kappa shape index (κ3) is 3.71. The number of benzene rings is 1. The van der Waals surface area contributed by atoms with Crippen molar-refractivity contribution in [2.45, 2.75) is 31.6 Å². The van der Waals surface area contributed by atoms with Crippen LogP contribution in [0.4, 0.5) is 0 Å². The van der Waals surface area contributed by atoms with E-state index in [9.17, 15) is 13.2 Å². The van der Waals surface area contributed by atoms with E-state index in [-0.39, 0.29) is 15.8 Å². The topological polar surface area (TPSA) is 54.5 Å². The van der Waals surface area contributed by atoms with Crippen molar-refractivity contribution in [1.29, 1.82) is 0 Å². The van der Waals surface area contributed by atoms with Crippen molar-refractivity contribution in [3.05, 3.63) is 28.3 Å². The van der Waals surface area contributed by atoms with Crippen LogP contribution in [0.3, 0.4) is 0 Å². The van der Waals surface area contributed by atoms with Gasteiger partial charge in [-0.05, 0) is 43.4 Å². The van der Waals surface area contributed by atoms with E-state index >= 15 is 0 Å². The second-order valence-corrected chi connectivity index (χ2v) is 8.46. The van der Waals surface area contributed by atoms with Gasteiger partial charge in [-0.15, -0.1) is 0 Å². The van der Waals surface area contributed by atoms with Crippen LogP contribution in [-0.4, -0.2) is 32.3 Å². The van der Waals surface area contributed by atoms with Gasteiger partial charge in [0.15, 0.2) is 0 Å². The van der Waals surface area contributed by atoms with Gasteiger partial charge in [-0.3, -0.25) is 4.79 Å². The molecule has 1 saturated heterocycles. The molecule has 0 aromatic heterocycles. The molecule has 0 spiro atoms. The Bertz CT molecular complexity index is 665. The second kappa shape index (κ2) is 6.15. The van der Waals surface area contributed by atoms with Crippen molar-refractivity contribution >= 4 is 37.2 Å². The normalized spacial score (nSPS) is 17.0. The maximum atomic E-state index is 12.6. The summed E-state index contributed by atoms with van der Waals surface area (Å²) in [5.74, 6) is 0.414. The van der Waals surface area contributed by atoms with Gasteiger partial charge >= 0.3 is 0 Å². The van der Waals surface area contributed by atoms with E-state index in [0.29, 0.717) is 30.1 Å². The maximum Gasteiger partial charge on any atom is 0.261 e. The van der Waals surface area contributed by atoms with E-state index in [4.69, 9.17) is 22.3 Å². The van der Waals surface area contributed by atoms with Gasteiger partial charge in [0, 0.05) is 34.4 Å². The van der Waals surface area contributed by atoms with Gasteiger partial charge in [-0.1, -0.05) is 18.5 Å². The monoisotopic (exact) mass is 349 g/mol. The van der Waals surface area contributed by atoms with Crippen LogP contribution in [0.25, 0.3) is 0 Å². The molecule has 1 aliphatic heterocycles. The zero-order chi connectivity index (χ0) is 15.8. The van der Waals surface area contributed by atoms with Gasteiger partial charge in [-0.25, -0.2) is 8.42 Å². The van der Waals surface area contributed by atoms with Crippen LogP contribution in [0.2, 0.25) is 5.02 Å². The first-order chi connectivity index (χ1) is 9.70. The average molecular weight is 350 g/mol. The molecule has 0 unspecified atom stereocenters. The lowest BCUT2D eigenvalue weighted by molar-refractivity contribution is 0.0696. The SMILES string of the molecule is Cc1c(Cl)cc(S(=O)(=O)Cl)cc1C(=O)N1CCC(C)CC1. The number of likely N-dealkylation sites (tertiary alicyclic amines) is 1. The number of rotatable bonds is 2. The molecule has 1 aromatic carbocycles. The maximum absolute atomic E-state index is 12.6. The highest BCUT2D eigenvalue weighted by molar-refractivity contribution is 8.13. The molecule has 0 N–H and O–H groups in total. The average Bonchev–Trinajstić information content (AvgIpc) is 2.40. The summed E-state index contributed by atoms with van der Waals surface area (Å²) >= 11 is 6.04. The van der Waals surface area contributed by atoms with Crippen molar-refractivity contribution < 1.29 is 13.2 Å². The number of hydrogen-bond donors (Lipinski definition) is 0. The van der Waals surface area contributed by atoms with Crippen molar-refractivity contribution in [3.8, 4) is 0 Å². The number of hydrogen-bond acceptors (Lipinski definition) is 3. The van der Waals surface area contributed by atoms with E-state index in [0.717, 1.165) is 12.8 Å². The summed E-state index contributed by atoms with van der Waals surface area (Å²) in [5, 5.41) is 0.227. The first-order valence-electron chi connectivity index (χ1n) is 6.74. The van der Waals surface area contributed by atoms with Crippen LogP contribution in [-0.2, 0) is 9.05 Å². The summed E-state index contributed by atoms with van der Waals surface area (Å²) in [6.45, 7) is 5.21. The summed E-state index contributed by atoms with van der Waals surface area (Å²) in [7, 11) is 1.43. The van der Waals surface area contributed by atoms with Crippen LogP contribution in [0.1, 0.15) is 35.7 Å². The fourth-order valence-electron chi connectivity index (χ4n) is 2.40. The molecule has 1 fully saturated rings. The minimum absolute atomic E-state index is 0.145. The Morgan fingerprint density at radius 1 is 1.29 bits per heavy atom. The lowest BCUT2D eigenvalue weighted by atomic mass is 9.98. The van der Waals surface area contributed by atoms with Gasteiger partial charge in [0.05, 0.1) is 4.90 Å². The van der Waals surface area contributed by atoms with Crippen LogP contribution < -0.4 is 0 Å². The lowest BCUT2D eigenvalue weighted by Gasteiger charge is -2.30. The summed E-state index contributed by atoms with van der Waals surface area (Å²) in [4.78, 5) is 14.2. The Kier molecular flexibility index (Phi) is 4.85. The Labute approximate surface area is 134 Å². The van der Waals surface area contributed by atoms with Crippen LogP contribution in [0, 0.1) is 12.8 Å². The molecule has 0 saturated carbocycles. The van der Waals surface area contributed by atoms with E-state index in [1.165, 1.54) is 12.1 Å². The predicted octanol–water partition coefficient (Wildman–Crippen LogP) is 3.45. The third-order valence-corrected chi connectivity index (χ3v) is 5.63. The van der Waals surface area contributed by atoms with E-state index < -0.39 is 9.05 Å². The highest BCUT2D eigenvalue weighted by Crippen LogP contribution is 2.28. The molecule has 1 aliphatic rings. The molecule has 0 aliphatic carbocycles. The first-order valence-corrected chi connectivity index (χ1v) is 9.43. The van der Waals surface area contributed by atoms with Gasteiger partial charge in [0.25, 0.3) is 15.0 Å². The molecule has 0 radical (unpaired) electrons. The van der Waals surface area contributed by atoms with E-state index in [2.05, 4.69) is 6.92 Å². The Hall–Kier alpha value is -0.780. The number of nitrogens with zero attached hydrogens (tertiary/aromatic N) is 1. The number of amides is 1. The summed E-state index contributed by atoms with van der Waals surface area (Å²) in [6.07, 6.45) is 1.90. The first kappa shape index (κ1) is 16.6. The Morgan fingerprint density at radius 3 is 2.38 bits per heavy atom. The Balaban J connectivity index is 2.39. The molecule has 0 atom stereocenters. The molecule has 1 aromatic rings. The predicted molar refractivity (Wildman–Crippen MR) is 83.5 cm³/mol. The van der Waals surface area contributed by atoms with Crippen molar-refractivity contribution in [1.82, 2.24) is 4.90 Å². The third-order valence-electron chi connectivity index (χ3n) is 3.90. The fourth-order valence-corrected chi connectivity index (χ4v) is 3.47. The van der Waals surface area contributed by atoms with E-state index in [1.54, 1.807) is 11.8 Å². The molecular formula is C14H17Cl2NO3S.